The molecule has 0 aliphatic carbocycles. The van der Waals surface area contributed by atoms with Crippen LogP contribution in [0.4, 0.5) is 0 Å². The monoisotopic (exact) mass is 348 g/mol. The molecule has 1 aromatic rings. The first-order valence-corrected chi connectivity index (χ1v) is 8.83. The van der Waals surface area contributed by atoms with E-state index in [1.807, 2.05) is 0 Å². The second kappa shape index (κ2) is 6.10. The lowest BCUT2D eigenvalue weighted by Crippen LogP contribution is -2.45. The first kappa shape index (κ1) is 16.5. The van der Waals surface area contributed by atoms with E-state index in [4.69, 9.17) is 4.74 Å². The minimum atomic E-state index is -0.851. The van der Waals surface area contributed by atoms with Gasteiger partial charge in [-0.2, -0.15) is 5.10 Å². The highest BCUT2D eigenvalue weighted by atomic mass is 16.5. The number of aromatic nitrogens is 2. The number of aryl methyl sites for hydroxylation is 1. The van der Waals surface area contributed by atoms with Gasteiger partial charge in [0.05, 0.1) is 11.8 Å². The molecule has 2 atom stereocenters. The Morgan fingerprint density at radius 1 is 1.28 bits per heavy atom. The van der Waals surface area contributed by atoms with E-state index in [1.54, 1.807) is 22.8 Å². The van der Waals surface area contributed by atoms with E-state index in [1.165, 1.54) is 6.20 Å². The molecule has 1 amide bonds. The van der Waals surface area contributed by atoms with Crippen LogP contribution in [0.25, 0.3) is 0 Å². The van der Waals surface area contributed by atoms with Gasteiger partial charge in [-0.1, -0.05) is 0 Å². The number of amides is 1. The van der Waals surface area contributed by atoms with Crippen LogP contribution in [0.15, 0.2) is 12.4 Å². The highest BCUT2D eigenvalue weighted by molar-refractivity contribution is 5.94. The van der Waals surface area contributed by atoms with Crippen LogP contribution in [-0.4, -0.2) is 82.0 Å². The largest absolute Gasteiger partial charge is 0.481 e. The van der Waals surface area contributed by atoms with Gasteiger partial charge in [0.1, 0.15) is 5.41 Å². The van der Waals surface area contributed by atoms with Crippen LogP contribution >= 0.6 is 0 Å². The smallest absolute Gasteiger partial charge is 0.313 e. The third-order valence-corrected chi connectivity index (χ3v) is 6.01. The number of hydrogen-bond donors (Lipinski definition) is 1. The van der Waals surface area contributed by atoms with Crippen molar-refractivity contribution in [2.24, 2.45) is 18.4 Å². The summed E-state index contributed by atoms with van der Waals surface area (Å²) < 4.78 is 7.01. The molecule has 0 bridgehead atoms. The van der Waals surface area contributed by atoms with E-state index in [0.29, 0.717) is 24.7 Å². The predicted octanol–water partition coefficient (Wildman–Crippen LogP) is 0.0577. The van der Waals surface area contributed by atoms with Gasteiger partial charge in [0.25, 0.3) is 5.91 Å². The van der Waals surface area contributed by atoms with Crippen LogP contribution < -0.4 is 0 Å². The Kier molecular flexibility index (Phi) is 4.04. The lowest BCUT2D eigenvalue weighted by atomic mass is 9.81. The van der Waals surface area contributed by atoms with Crippen molar-refractivity contribution >= 4 is 11.9 Å². The Morgan fingerprint density at radius 3 is 2.64 bits per heavy atom. The van der Waals surface area contributed by atoms with Crippen LogP contribution in [0.5, 0.6) is 0 Å². The highest BCUT2D eigenvalue weighted by Crippen LogP contribution is 2.44. The zero-order chi connectivity index (χ0) is 17.6. The third-order valence-electron chi connectivity index (χ3n) is 6.01. The second-order valence-corrected chi connectivity index (χ2v) is 7.52. The highest BCUT2D eigenvalue weighted by Gasteiger charge is 2.59. The number of likely N-dealkylation sites (tertiary alicyclic amines) is 2. The lowest BCUT2D eigenvalue weighted by molar-refractivity contribution is -0.148. The second-order valence-electron chi connectivity index (χ2n) is 7.52. The Bertz CT molecular complexity index is 684. The number of carboxylic acid groups (broad SMARTS) is 1. The molecular formula is C17H24N4O4. The molecule has 25 heavy (non-hydrogen) atoms. The van der Waals surface area contributed by atoms with Gasteiger partial charge < -0.3 is 14.7 Å². The molecule has 136 valence electrons. The Morgan fingerprint density at radius 2 is 2.04 bits per heavy atom. The standard InChI is InChI=1S/C17H24N4O4/c1-19-7-12(6-18-19)15(22)21-9-13-8-20(14-2-4-25-5-3-14)10-17(13,11-21)16(23)24/h6-7,13-14H,2-5,8-11H2,1H3,(H,23,24)/t13-,17-/m1/s1. The van der Waals surface area contributed by atoms with Gasteiger partial charge in [-0.25, -0.2) is 0 Å². The molecule has 1 aromatic heterocycles. The van der Waals surface area contributed by atoms with Gasteiger partial charge in [0.15, 0.2) is 0 Å². The van der Waals surface area contributed by atoms with Gasteiger partial charge in [-0.3, -0.25) is 19.2 Å². The number of carbonyl (C=O) groups is 2. The average Bonchev–Trinajstić information content (AvgIpc) is 3.27. The van der Waals surface area contributed by atoms with Crippen molar-refractivity contribution in [3.8, 4) is 0 Å². The molecule has 8 heteroatoms. The fourth-order valence-electron chi connectivity index (χ4n) is 4.60. The van der Waals surface area contributed by atoms with E-state index >= 15 is 0 Å². The van der Waals surface area contributed by atoms with Crippen LogP contribution in [-0.2, 0) is 16.6 Å². The summed E-state index contributed by atoms with van der Waals surface area (Å²) in [6.45, 7) is 3.54. The summed E-state index contributed by atoms with van der Waals surface area (Å²) in [5.74, 6) is -0.928. The van der Waals surface area contributed by atoms with Crippen LogP contribution in [0.3, 0.4) is 0 Å². The summed E-state index contributed by atoms with van der Waals surface area (Å²) >= 11 is 0. The first-order valence-electron chi connectivity index (χ1n) is 8.83. The molecule has 3 saturated heterocycles. The van der Waals surface area contributed by atoms with Crippen LogP contribution in [0, 0.1) is 11.3 Å². The molecule has 1 N–H and O–H groups in total. The van der Waals surface area contributed by atoms with Crippen molar-refractivity contribution in [1.82, 2.24) is 19.6 Å². The third kappa shape index (κ3) is 2.73. The minimum absolute atomic E-state index is 0.0199. The number of ether oxygens (including phenoxy) is 1. The van der Waals surface area contributed by atoms with Gasteiger partial charge in [0, 0.05) is 64.6 Å². The fourth-order valence-corrected chi connectivity index (χ4v) is 4.60. The van der Waals surface area contributed by atoms with Crippen LogP contribution in [0.2, 0.25) is 0 Å². The maximum Gasteiger partial charge on any atom is 0.313 e. The minimum Gasteiger partial charge on any atom is -0.481 e. The van der Waals surface area contributed by atoms with Crippen molar-refractivity contribution in [3.05, 3.63) is 18.0 Å². The zero-order valence-corrected chi connectivity index (χ0v) is 14.4. The van der Waals surface area contributed by atoms with E-state index in [-0.39, 0.29) is 18.4 Å². The van der Waals surface area contributed by atoms with Gasteiger partial charge in [-0.15, -0.1) is 0 Å². The number of hydrogen-bond acceptors (Lipinski definition) is 5. The van der Waals surface area contributed by atoms with E-state index < -0.39 is 11.4 Å². The predicted molar refractivity (Wildman–Crippen MR) is 88.1 cm³/mol. The molecule has 0 saturated carbocycles. The summed E-state index contributed by atoms with van der Waals surface area (Å²) in [5.41, 5.74) is -0.333. The maximum atomic E-state index is 12.7. The summed E-state index contributed by atoms with van der Waals surface area (Å²) in [7, 11) is 1.76. The molecule has 0 aromatic carbocycles. The Hall–Kier alpha value is -1.93. The number of nitrogens with zero attached hydrogens (tertiary/aromatic N) is 4. The lowest BCUT2D eigenvalue weighted by Gasteiger charge is -2.33. The molecule has 8 nitrogen and oxygen atoms in total. The number of aliphatic carboxylic acids is 1. The molecule has 4 heterocycles. The van der Waals surface area contributed by atoms with Gasteiger partial charge in [-0.05, 0) is 12.8 Å². The fraction of sp³-hybridized carbons (Fsp3) is 0.706. The van der Waals surface area contributed by atoms with Crippen molar-refractivity contribution in [2.45, 2.75) is 18.9 Å². The van der Waals surface area contributed by atoms with E-state index in [2.05, 4.69) is 10.00 Å². The number of rotatable bonds is 3. The summed E-state index contributed by atoms with van der Waals surface area (Å²) in [6, 6.07) is 0.401. The van der Waals surface area contributed by atoms with Gasteiger partial charge in [0.2, 0.25) is 0 Å². The van der Waals surface area contributed by atoms with Crippen molar-refractivity contribution in [2.75, 3.05) is 39.4 Å². The van der Waals surface area contributed by atoms with Crippen molar-refractivity contribution in [1.29, 1.82) is 0 Å². The van der Waals surface area contributed by atoms with Gasteiger partial charge >= 0.3 is 5.97 Å². The van der Waals surface area contributed by atoms with Crippen molar-refractivity contribution < 1.29 is 19.4 Å². The molecule has 4 rings (SSSR count). The molecule has 3 aliphatic heterocycles. The maximum absolute atomic E-state index is 12.7. The first-order chi connectivity index (χ1) is 12.0. The molecule has 0 radical (unpaired) electrons. The van der Waals surface area contributed by atoms with E-state index in [9.17, 15) is 14.7 Å². The normalized spacial score (nSPS) is 30.6. The Balaban J connectivity index is 1.51. The average molecular weight is 348 g/mol. The van der Waals surface area contributed by atoms with E-state index in [0.717, 1.165) is 32.6 Å². The Labute approximate surface area is 146 Å². The van der Waals surface area contributed by atoms with Crippen LogP contribution in [0.1, 0.15) is 23.2 Å². The SMILES string of the molecule is Cn1cc(C(=O)N2C[C@H]3CN(C4CCOCC4)C[C@@]3(C(=O)O)C2)cn1. The quantitative estimate of drug-likeness (QED) is 0.831. The van der Waals surface area contributed by atoms with Crippen molar-refractivity contribution in [3.63, 3.8) is 0 Å². The molecule has 3 fully saturated rings. The summed E-state index contributed by atoms with van der Waals surface area (Å²) in [5, 5.41) is 14.0. The molecule has 0 unspecified atom stereocenters. The number of carbonyl (C=O) groups excluding carboxylic acids is 1. The molecule has 3 aliphatic rings. The molecular weight excluding hydrogens is 324 g/mol. The zero-order valence-electron chi connectivity index (χ0n) is 14.4. The summed E-state index contributed by atoms with van der Waals surface area (Å²) in [4.78, 5) is 28.8. The summed E-state index contributed by atoms with van der Waals surface area (Å²) in [6.07, 6.45) is 5.14. The molecule has 0 spiro atoms. The number of fused-ring (bicyclic) bond motifs is 1. The topological polar surface area (TPSA) is 87.9 Å². The number of carboxylic acids is 1.